The van der Waals surface area contributed by atoms with Gasteiger partial charge in [0.1, 0.15) is 15.6 Å². The average Bonchev–Trinajstić information content (AvgIpc) is 3.36. The fraction of sp³-hybridized carbons (Fsp3) is 0.0476. The Morgan fingerprint density at radius 2 is 1.79 bits per heavy atom. The Bertz CT molecular complexity index is 1250. The number of nitrogens with zero attached hydrogens (tertiary/aromatic N) is 5. The standard InChI is InChI=1S/C21H15N5S2/c1-26-12-11-23-21(26)28-20-17-15(14-7-3-2-4-8-14)13-27-19(17)24-18(25-20)16-9-5-6-10-22-16/h2-13H,1H3. The Morgan fingerprint density at radius 3 is 2.54 bits per heavy atom. The van der Waals surface area contributed by atoms with Gasteiger partial charge < -0.3 is 4.57 Å². The van der Waals surface area contributed by atoms with E-state index < -0.39 is 0 Å². The summed E-state index contributed by atoms with van der Waals surface area (Å²) in [5, 5.41) is 4.99. The van der Waals surface area contributed by atoms with E-state index in [1.54, 1.807) is 35.5 Å². The summed E-state index contributed by atoms with van der Waals surface area (Å²) in [4.78, 5) is 19.5. The van der Waals surface area contributed by atoms with Crippen molar-refractivity contribution in [1.82, 2.24) is 24.5 Å². The third kappa shape index (κ3) is 3.08. The van der Waals surface area contributed by atoms with Crippen molar-refractivity contribution in [3.63, 3.8) is 0 Å². The molecule has 5 aromatic rings. The number of thiophene rings is 1. The maximum Gasteiger partial charge on any atom is 0.180 e. The molecule has 5 nitrogen and oxygen atoms in total. The van der Waals surface area contributed by atoms with Crippen LogP contribution in [0.5, 0.6) is 0 Å². The molecule has 0 saturated carbocycles. The molecule has 0 radical (unpaired) electrons. The highest BCUT2D eigenvalue weighted by Crippen LogP contribution is 2.40. The smallest absolute Gasteiger partial charge is 0.180 e. The van der Waals surface area contributed by atoms with E-state index in [0.717, 1.165) is 37.2 Å². The summed E-state index contributed by atoms with van der Waals surface area (Å²) in [6.07, 6.45) is 5.50. The van der Waals surface area contributed by atoms with Crippen LogP contribution in [0.25, 0.3) is 32.9 Å². The monoisotopic (exact) mass is 401 g/mol. The Kier molecular flexibility index (Phi) is 4.38. The molecule has 0 N–H and O–H groups in total. The SMILES string of the molecule is Cn1ccnc1Sc1nc(-c2ccccn2)nc2scc(-c3ccccc3)c12. The van der Waals surface area contributed by atoms with Gasteiger partial charge in [-0.25, -0.2) is 15.0 Å². The largest absolute Gasteiger partial charge is 0.329 e. The summed E-state index contributed by atoms with van der Waals surface area (Å²) in [6.45, 7) is 0. The molecule has 136 valence electrons. The fourth-order valence-corrected chi connectivity index (χ4v) is 4.90. The summed E-state index contributed by atoms with van der Waals surface area (Å²) in [5.41, 5.74) is 3.07. The summed E-state index contributed by atoms with van der Waals surface area (Å²) in [7, 11) is 1.99. The van der Waals surface area contributed by atoms with Gasteiger partial charge in [0.25, 0.3) is 0 Å². The highest BCUT2D eigenvalue weighted by molar-refractivity contribution is 7.99. The topological polar surface area (TPSA) is 56.5 Å². The van der Waals surface area contributed by atoms with Gasteiger partial charge in [-0.2, -0.15) is 0 Å². The van der Waals surface area contributed by atoms with Gasteiger partial charge >= 0.3 is 0 Å². The van der Waals surface area contributed by atoms with Crippen LogP contribution in [0.3, 0.4) is 0 Å². The van der Waals surface area contributed by atoms with Crippen molar-refractivity contribution >= 4 is 33.3 Å². The van der Waals surface area contributed by atoms with Crippen molar-refractivity contribution in [2.75, 3.05) is 0 Å². The normalized spacial score (nSPS) is 11.2. The number of benzene rings is 1. The van der Waals surface area contributed by atoms with Crippen molar-refractivity contribution in [2.45, 2.75) is 10.2 Å². The average molecular weight is 402 g/mol. The Morgan fingerprint density at radius 1 is 0.929 bits per heavy atom. The van der Waals surface area contributed by atoms with Gasteiger partial charge in [-0.3, -0.25) is 4.98 Å². The maximum absolute atomic E-state index is 4.89. The lowest BCUT2D eigenvalue weighted by atomic mass is 10.1. The lowest BCUT2D eigenvalue weighted by Crippen LogP contribution is -1.96. The maximum atomic E-state index is 4.89. The van der Waals surface area contributed by atoms with Gasteiger partial charge in [0.2, 0.25) is 0 Å². The van der Waals surface area contributed by atoms with Gasteiger partial charge in [-0.05, 0) is 29.5 Å². The Balaban J connectivity index is 1.74. The number of hydrogen-bond donors (Lipinski definition) is 0. The molecular weight excluding hydrogens is 386 g/mol. The van der Waals surface area contributed by atoms with E-state index >= 15 is 0 Å². The van der Waals surface area contributed by atoms with Crippen LogP contribution in [-0.2, 0) is 7.05 Å². The molecule has 0 amide bonds. The molecule has 0 fully saturated rings. The van der Waals surface area contributed by atoms with Gasteiger partial charge in [-0.1, -0.05) is 36.4 Å². The molecule has 1 aromatic carbocycles. The lowest BCUT2D eigenvalue weighted by molar-refractivity contribution is 0.789. The molecular formula is C21H15N5S2. The first-order chi connectivity index (χ1) is 13.8. The molecule has 7 heteroatoms. The molecule has 0 unspecified atom stereocenters. The minimum Gasteiger partial charge on any atom is -0.329 e. The molecule has 0 spiro atoms. The second-order valence-electron chi connectivity index (χ2n) is 6.19. The molecule has 28 heavy (non-hydrogen) atoms. The molecule has 5 rings (SSSR count). The molecule has 0 aliphatic carbocycles. The Hall–Kier alpha value is -3.03. The van der Waals surface area contributed by atoms with Crippen LogP contribution in [0, 0.1) is 0 Å². The zero-order chi connectivity index (χ0) is 18.9. The predicted octanol–water partition coefficient (Wildman–Crippen LogP) is 5.31. The van der Waals surface area contributed by atoms with Crippen LogP contribution in [-0.4, -0.2) is 24.5 Å². The first-order valence-corrected chi connectivity index (χ1v) is 10.4. The highest BCUT2D eigenvalue weighted by Gasteiger charge is 2.18. The molecule has 0 saturated heterocycles. The van der Waals surface area contributed by atoms with Crippen molar-refractivity contribution in [1.29, 1.82) is 0 Å². The second-order valence-corrected chi connectivity index (χ2v) is 8.00. The van der Waals surface area contributed by atoms with E-state index in [1.165, 1.54) is 0 Å². The van der Waals surface area contributed by atoms with Gasteiger partial charge in [0.15, 0.2) is 11.0 Å². The third-order valence-electron chi connectivity index (χ3n) is 4.34. The van der Waals surface area contributed by atoms with E-state index in [4.69, 9.17) is 9.97 Å². The van der Waals surface area contributed by atoms with Crippen LogP contribution in [0.1, 0.15) is 0 Å². The predicted molar refractivity (Wildman–Crippen MR) is 113 cm³/mol. The van der Waals surface area contributed by atoms with Crippen LogP contribution in [0.2, 0.25) is 0 Å². The van der Waals surface area contributed by atoms with Crippen molar-refractivity contribution in [2.24, 2.45) is 7.05 Å². The number of aromatic nitrogens is 5. The molecule has 4 heterocycles. The van der Waals surface area contributed by atoms with E-state index in [1.807, 2.05) is 54.2 Å². The first-order valence-electron chi connectivity index (χ1n) is 8.71. The quantitative estimate of drug-likeness (QED) is 0.382. The van der Waals surface area contributed by atoms with Crippen molar-refractivity contribution in [3.8, 4) is 22.6 Å². The molecule has 0 atom stereocenters. The van der Waals surface area contributed by atoms with Crippen LogP contribution in [0.15, 0.2) is 82.7 Å². The Labute approximate surface area is 170 Å². The summed E-state index contributed by atoms with van der Waals surface area (Å²) >= 11 is 3.18. The zero-order valence-corrected chi connectivity index (χ0v) is 16.6. The number of pyridine rings is 1. The second kappa shape index (κ2) is 7.18. The van der Waals surface area contributed by atoms with Crippen molar-refractivity contribution < 1.29 is 0 Å². The van der Waals surface area contributed by atoms with Gasteiger partial charge in [-0.15, -0.1) is 11.3 Å². The number of rotatable bonds is 4. The summed E-state index contributed by atoms with van der Waals surface area (Å²) < 4.78 is 1.99. The third-order valence-corrected chi connectivity index (χ3v) is 6.28. The van der Waals surface area contributed by atoms with Crippen LogP contribution >= 0.6 is 23.1 Å². The number of fused-ring (bicyclic) bond motifs is 1. The minimum atomic E-state index is 0.631. The lowest BCUT2D eigenvalue weighted by Gasteiger charge is -2.08. The molecule has 4 aromatic heterocycles. The van der Waals surface area contributed by atoms with Gasteiger partial charge in [0.05, 0.1) is 5.39 Å². The minimum absolute atomic E-state index is 0.631. The van der Waals surface area contributed by atoms with Crippen molar-refractivity contribution in [3.05, 3.63) is 72.5 Å². The summed E-state index contributed by atoms with van der Waals surface area (Å²) in [6, 6.07) is 16.1. The summed E-state index contributed by atoms with van der Waals surface area (Å²) in [5.74, 6) is 0.631. The van der Waals surface area contributed by atoms with E-state index in [-0.39, 0.29) is 0 Å². The first kappa shape index (κ1) is 17.1. The van der Waals surface area contributed by atoms with E-state index in [9.17, 15) is 0 Å². The van der Waals surface area contributed by atoms with E-state index in [0.29, 0.717) is 5.82 Å². The number of aryl methyl sites for hydroxylation is 1. The van der Waals surface area contributed by atoms with Gasteiger partial charge in [0, 0.05) is 36.6 Å². The zero-order valence-electron chi connectivity index (χ0n) is 15.0. The number of imidazole rings is 1. The highest BCUT2D eigenvalue weighted by atomic mass is 32.2. The fourth-order valence-electron chi connectivity index (χ4n) is 2.96. The molecule has 0 aliphatic rings. The van der Waals surface area contributed by atoms with Crippen LogP contribution in [0.4, 0.5) is 0 Å². The van der Waals surface area contributed by atoms with Crippen LogP contribution < -0.4 is 0 Å². The molecule has 0 bridgehead atoms. The molecule has 0 aliphatic heterocycles. The van der Waals surface area contributed by atoms with E-state index in [2.05, 4.69) is 27.5 Å². The number of hydrogen-bond acceptors (Lipinski definition) is 6.